The second-order valence-electron chi connectivity index (χ2n) is 4.52. The number of tetrazole rings is 1. The Morgan fingerprint density at radius 3 is 2.81 bits per heavy atom. The van der Waals surface area contributed by atoms with Crippen molar-refractivity contribution in [3.63, 3.8) is 0 Å². The van der Waals surface area contributed by atoms with Crippen molar-refractivity contribution in [3.8, 4) is 0 Å². The molecule has 7 nitrogen and oxygen atoms in total. The van der Waals surface area contributed by atoms with E-state index in [0.29, 0.717) is 18.1 Å². The lowest BCUT2D eigenvalue weighted by Gasteiger charge is -2.09. The predicted molar refractivity (Wildman–Crippen MR) is 75.3 cm³/mol. The molecule has 1 aromatic carbocycles. The molecule has 0 aliphatic rings. The molecule has 21 heavy (non-hydrogen) atoms. The van der Waals surface area contributed by atoms with E-state index in [4.69, 9.17) is 0 Å². The van der Waals surface area contributed by atoms with E-state index in [-0.39, 0.29) is 12.5 Å². The topological polar surface area (TPSA) is 88.5 Å². The van der Waals surface area contributed by atoms with E-state index in [1.807, 2.05) is 47.2 Å². The summed E-state index contributed by atoms with van der Waals surface area (Å²) in [6.07, 6.45) is 1.89. The van der Waals surface area contributed by atoms with Crippen LogP contribution in [0.2, 0.25) is 0 Å². The van der Waals surface area contributed by atoms with Crippen LogP contribution in [-0.4, -0.2) is 31.1 Å². The van der Waals surface area contributed by atoms with Crippen molar-refractivity contribution >= 4 is 5.91 Å². The summed E-state index contributed by atoms with van der Waals surface area (Å²) >= 11 is 0. The van der Waals surface area contributed by atoms with Crippen LogP contribution < -0.4 is 5.32 Å². The first-order valence-corrected chi connectivity index (χ1v) is 6.52. The molecule has 0 saturated carbocycles. The van der Waals surface area contributed by atoms with Crippen LogP contribution in [0.1, 0.15) is 21.9 Å². The highest BCUT2D eigenvalue weighted by atomic mass is 16.1. The monoisotopic (exact) mass is 282 g/mol. The Kier molecular flexibility index (Phi) is 3.72. The standard InChI is InChI=1S/C14H14N6O/c21-14(15-9-13-16-18-19-17-13)12-7-4-8-20(12)10-11-5-2-1-3-6-11/h1-8H,9-10H2,(H,15,21)(H,16,17,18,19). The number of rotatable bonds is 5. The molecule has 106 valence electrons. The first kappa shape index (κ1) is 13.0. The lowest BCUT2D eigenvalue weighted by molar-refractivity contribution is 0.0941. The second kappa shape index (κ2) is 6.00. The van der Waals surface area contributed by atoms with Gasteiger partial charge in [-0.2, -0.15) is 5.21 Å². The van der Waals surface area contributed by atoms with E-state index in [1.165, 1.54) is 0 Å². The molecule has 0 bridgehead atoms. The van der Waals surface area contributed by atoms with Crippen molar-refractivity contribution < 1.29 is 4.79 Å². The maximum Gasteiger partial charge on any atom is 0.268 e. The van der Waals surface area contributed by atoms with Crippen molar-refractivity contribution in [1.82, 2.24) is 30.5 Å². The van der Waals surface area contributed by atoms with Gasteiger partial charge in [0.25, 0.3) is 5.91 Å². The van der Waals surface area contributed by atoms with E-state index in [1.54, 1.807) is 6.07 Å². The van der Waals surface area contributed by atoms with Crippen LogP contribution in [0, 0.1) is 0 Å². The molecule has 2 aromatic heterocycles. The minimum Gasteiger partial charge on any atom is -0.343 e. The van der Waals surface area contributed by atoms with Crippen LogP contribution in [0.3, 0.4) is 0 Å². The number of amides is 1. The van der Waals surface area contributed by atoms with Crippen molar-refractivity contribution in [2.24, 2.45) is 0 Å². The third kappa shape index (κ3) is 3.14. The van der Waals surface area contributed by atoms with Crippen LogP contribution in [-0.2, 0) is 13.1 Å². The van der Waals surface area contributed by atoms with E-state index < -0.39 is 0 Å². The molecule has 7 heteroatoms. The van der Waals surface area contributed by atoms with Gasteiger partial charge in [0, 0.05) is 12.7 Å². The summed E-state index contributed by atoms with van der Waals surface area (Å²) in [5, 5.41) is 16.1. The van der Waals surface area contributed by atoms with Crippen LogP contribution in [0.4, 0.5) is 0 Å². The van der Waals surface area contributed by atoms with Gasteiger partial charge < -0.3 is 9.88 Å². The first-order valence-electron chi connectivity index (χ1n) is 6.52. The molecule has 0 atom stereocenters. The number of H-pyrrole nitrogens is 1. The van der Waals surface area contributed by atoms with E-state index in [0.717, 1.165) is 5.56 Å². The highest BCUT2D eigenvalue weighted by Gasteiger charge is 2.11. The molecular weight excluding hydrogens is 268 g/mol. The van der Waals surface area contributed by atoms with Gasteiger partial charge in [-0.25, -0.2) is 0 Å². The van der Waals surface area contributed by atoms with E-state index in [2.05, 4.69) is 25.9 Å². The first-order chi connectivity index (χ1) is 10.3. The molecule has 3 rings (SSSR count). The third-order valence-corrected chi connectivity index (χ3v) is 3.05. The zero-order chi connectivity index (χ0) is 14.5. The highest BCUT2D eigenvalue weighted by molar-refractivity contribution is 5.92. The number of aromatic nitrogens is 5. The van der Waals surface area contributed by atoms with Gasteiger partial charge in [0.15, 0.2) is 5.82 Å². The molecule has 1 amide bonds. The van der Waals surface area contributed by atoms with Gasteiger partial charge in [0.05, 0.1) is 6.54 Å². The number of carbonyl (C=O) groups is 1. The van der Waals surface area contributed by atoms with Crippen molar-refractivity contribution in [1.29, 1.82) is 0 Å². The molecule has 0 aliphatic heterocycles. The van der Waals surface area contributed by atoms with Crippen LogP contribution in [0.5, 0.6) is 0 Å². The minimum absolute atomic E-state index is 0.166. The summed E-state index contributed by atoms with van der Waals surface area (Å²) in [7, 11) is 0. The molecule has 0 unspecified atom stereocenters. The van der Waals surface area contributed by atoms with Gasteiger partial charge in [-0.15, -0.1) is 10.2 Å². The zero-order valence-electron chi connectivity index (χ0n) is 11.2. The van der Waals surface area contributed by atoms with Crippen LogP contribution >= 0.6 is 0 Å². The number of carbonyl (C=O) groups excluding carboxylic acids is 1. The Bertz CT molecular complexity index is 704. The van der Waals surface area contributed by atoms with Crippen LogP contribution in [0.25, 0.3) is 0 Å². The third-order valence-electron chi connectivity index (χ3n) is 3.05. The quantitative estimate of drug-likeness (QED) is 0.730. The fourth-order valence-electron chi connectivity index (χ4n) is 2.05. The summed E-state index contributed by atoms with van der Waals surface area (Å²) in [5.41, 5.74) is 1.74. The highest BCUT2D eigenvalue weighted by Crippen LogP contribution is 2.08. The second-order valence-corrected chi connectivity index (χ2v) is 4.52. The van der Waals surface area contributed by atoms with E-state index >= 15 is 0 Å². The average molecular weight is 282 g/mol. The molecule has 0 aliphatic carbocycles. The smallest absolute Gasteiger partial charge is 0.268 e. The van der Waals surface area contributed by atoms with Gasteiger partial charge in [-0.1, -0.05) is 35.5 Å². The molecule has 0 spiro atoms. The summed E-state index contributed by atoms with van der Waals surface area (Å²) in [4.78, 5) is 12.2. The minimum atomic E-state index is -0.166. The number of nitrogens with zero attached hydrogens (tertiary/aromatic N) is 4. The fraction of sp³-hybridized carbons (Fsp3) is 0.143. The van der Waals surface area contributed by atoms with E-state index in [9.17, 15) is 4.79 Å². The lowest BCUT2D eigenvalue weighted by atomic mass is 10.2. The molecule has 2 heterocycles. The Morgan fingerprint density at radius 1 is 1.19 bits per heavy atom. The maximum atomic E-state index is 12.2. The van der Waals surface area contributed by atoms with Gasteiger partial charge in [0.1, 0.15) is 5.69 Å². The largest absolute Gasteiger partial charge is 0.343 e. The van der Waals surface area contributed by atoms with Crippen LogP contribution in [0.15, 0.2) is 48.7 Å². The normalized spacial score (nSPS) is 10.5. The van der Waals surface area contributed by atoms with Gasteiger partial charge in [0.2, 0.25) is 0 Å². The fourth-order valence-corrected chi connectivity index (χ4v) is 2.05. The Labute approximate surface area is 121 Å². The maximum absolute atomic E-state index is 12.2. The van der Waals surface area contributed by atoms with Crippen molar-refractivity contribution in [2.45, 2.75) is 13.1 Å². The molecule has 3 aromatic rings. The summed E-state index contributed by atoms with van der Waals surface area (Å²) < 4.78 is 1.90. The molecule has 0 fully saturated rings. The Hall–Kier alpha value is -2.96. The molecule has 0 radical (unpaired) electrons. The average Bonchev–Trinajstić information content (AvgIpc) is 3.17. The Balaban J connectivity index is 1.68. The number of hydrogen-bond donors (Lipinski definition) is 2. The number of benzene rings is 1. The molecular formula is C14H14N6O. The van der Waals surface area contributed by atoms with Crippen molar-refractivity contribution in [3.05, 3.63) is 65.7 Å². The summed E-state index contributed by atoms with van der Waals surface area (Å²) in [5.74, 6) is 0.283. The number of hydrogen-bond acceptors (Lipinski definition) is 4. The molecule has 2 N–H and O–H groups in total. The van der Waals surface area contributed by atoms with Gasteiger partial charge >= 0.3 is 0 Å². The SMILES string of the molecule is O=C(NCc1nn[nH]n1)c1cccn1Cc1ccccc1. The number of aromatic amines is 1. The van der Waals surface area contributed by atoms with Gasteiger partial charge in [-0.3, -0.25) is 4.79 Å². The summed E-state index contributed by atoms with van der Waals surface area (Å²) in [6.45, 7) is 0.894. The van der Waals surface area contributed by atoms with Crippen molar-refractivity contribution in [2.75, 3.05) is 0 Å². The predicted octanol–water partition coefficient (Wildman–Crippen LogP) is 0.979. The Morgan fingerprint density at radius 2 is 2.05 bits per heavy atom. The van der Waals surface area contributed by atoms with Gasteiger partial charge in [-0.05, 0) is 17.7 Å². The number of nitrogens with one attached hydrogen (secondary N) is 2. The summed E-state index contributed by atoms with van der Waals surface area (Å²) in [6, 6.07) is 13.6. The lowest BCUT2D eigenvalue weighted by Crippen LogP contribution is -2.26. The molecule has 0 saturated heterocycles. The zero-order valence-corrected chi connectivity index (χ0v) is 11.2.